The second kappa shape index (κ2) is 17.5. The number of benzene rings is 3. The first kappa shape index (κ1) is 40.5. The Bertz CT molecular complexity index is 1790. The summed E-state index contributed by atoms with van der Waals surface area (Å²) in [4.78, 5) is 69.3. The van der Waals surface area contributed by atoms with E-state index < -0.39 is 29.1 Å². The Morgan fingerprint density at radius 1 is 0.811 bits per heavy atom. The number of carbonyl (C=O) groups is 5. The molecule has 3 aromatic carbocycles. The van der Waals surface area contributed by atoms with Crippen molar-refractivity contribution in [1.29, 1.82) is 0 Å². The van der Waals surface area contributed by atoms with Gasteiger partial charge in [0.25, 0.3) is 11.8 Å². The summed E-state index contributed by atoms with van der Waals surface area (Å²) in [5.74, 6) is -1.98. The number of hydrogen-bond donors (Lipinski definition) is 3. The van der Waals surface area contributed by atoms with Crippen LogP contribution in [0.2, 0.25) is 0 Å². The zero-order valence-electron chi connectivity index (χ0n) is 31.8. The molecule has 0 spiro atoms. The van der Waals surface area contributed by atoms with Crippen LogP contribution in [0.4, 0.5) is 10.1 Å². The first-order valence-corrected chi connectivity index (χ1v) is 17.9. The molecular formula is C41H52FN5O6. The molecule has 0 aliphatic carbocycles. The van der Waals surface area contributed by atoms with Gasteiger partial charge in [-0.3, -0.25) is 24.0 Å². The van der Waals surface area contributed by atoms with E-state index in [1.165, 1.54) is 12.1 Å². The summed E-state index contributed by atoms with van der Waals surface area (Å²) in [5.41, 5.74) is 1.18. The molecule has 0 saturated carbocycles. The Kier molecular flexibility index (Phi) is 13.4. The molecule has 4 aliphatic rings. The number of anilines is 1. The highest BCUT2D eigenvalue weighted by molar-refractivity contribution is 6.01. The van der Waals surface area contributed by atoms with Gasteiger partial charge in [0.1, 0.15) is 24.2 Å². The Morgan fingerprint density at radius 2 is 1.42 bits per heavy atom. The lowest BCUT2D eigenvalue weighted by molar-refractivity contribution is -0.135. The highest BCUT2D eigenvalue weighted by Gasteiger charge is 2.30. The van der Waals surface area contributed by atoms with Crippen LogP contribution in [-0.2, 0) is 27.3 Å². The molecule has 3 aromatic rings. The number of carbonyl (C=O) groups excluding carboxylic acids is 5. The molecule has 284 valence electrons. The van der Waals surface area contributed by atoms with Crippen molar-refractivity contribution in [1.82, 2.24) is 20.4 Å². The zero-order chi connectivity index (χ0) is 38.9. The third-order valence-electron chi connectivity index (χ3n) is 9.05. The molecule has 0 saturated heterocycles. The fraction of sp³-hybridized carbons (Fsp3) is 0.439. The van der Waals surface area contributed by atoms with Crippen LogP contribution in [0.25, 0.3) is 0 Å². The number of ether oxygens (including phenoxy) is 1. The third kappa shape index (κ3) is 12.4. The van der Waals surface area contributed by atoms with Gasteiger partial charge in [0.05, 0.1) is 12.1 Å². The highest BCUT2D eigenvalue weighted by Crippen LogP contribution is 2.27. The highest BCUT2D eigenvalue weighted by atomic mass is 19.1. The van der Waals surface area contributed by atoms with Gasteiger partial charge in [-0.2, -0.15) is 0 Å². The fourth-order valence-corrected chi connectivity index (χ4v) is 5.88. The molecule has 53 heavy (non-hydrogen) atoms. The van der Waals surface area contributed by atoms with Gasteiger partial charge in [-0.25, -0.2) is 4.39 Å². The topological polar surface area (TPSA) is 137 Å². The predicted octanol–water partition coefficient (Wildman–Crippen LogP) is 5.59. The lowest BCUT2D eigenvalue weighted by Crippen LogP contribution is -2.46. The molecule has 12 heteroatoms. The van der Waals surface area contributed by atoms with Gasteiger partial charge in [-0.15, -0.1) is 0 Å². The van der Waals surface area contributed by atoms with Crippen molar-refractivity contribution in [3.05, 3.63) is 94.8 Å². The average molecular weight is 730 g/mol. The van der Waals surface area contributed by atoms with E-state index in [1.54, 1.807) is 60.3 Å². The lowest BCUT2D eigenvalue weighted by Gasteiger charge is -2.28. The summed E-state index contributed by atoms with van der Waals surface area (Å²) in [6.07, 6.45) is 1.26. The van der Waals surface area contributed by atoms with Crippen molar-refractivity contribution in [2.24, 2.45) is 10.8 Å². The van der Waals surface area contributed by atoms with Gasteiger partial charge in [-0.1, -0.05) is 52.8 Å². The number of rotatable bonds is 1. The van der Waals surface area contributed by atoms with E-state index in [9.17, 15) is 28.4 Å². The normalized spacial score (nSPS) is 18.8. The Morgan fingerprint density at radius 3 is 2.04 bits per heavy atom. The van der Waals surface area contributed by atoms with E-state index in [1.807, 2.05) is 46.8 Å². The van der Waals surface area contributed by atoms with Gasteiger partial charge in [0.2, 0.25) is 17.7 Å². The number of nitrogens with zero attached hydrogens (tertiary/aromatic N) is 2. The predicted molar refractivity (Wildman–Crippen MR) is 202 cm³/mol. The maximum atomic E-state index is 15.0. The maximum absolute atomic E-state index is 15.0. The molecule has 5 amide bonds. The summed E-state index contributed by atoms with van der Waals surface area (Å²) in [7, 11) is 3.44. The third-order valence-corrected chi connectivity index (χ3v) is 9.05. The standard InChI is InChI=1S/C41H52FN5O6/c1-40(2,3)23-34-39(52)44-30-13-8-27(9-14-30)18-19-46(6)35(48)24-41(4,5)25-36(49)47(7)20-21-53-31-15-11-29(12-16-31)37(50)43-26-28-10-17-33(42)32(22-28)38(51)45-34/h8-17,22,34H,18-21,23-26H2,1-7H3,(H,43,50)(H,44,52)(H,45,51)/t34-/m0/s1. The molecule has 0 fully saturated rings. The summed E-state index contributed by atoms with van der Waals surface area (Å²) >= 11 is 0. The summed E-state index contributed by atoms with van der Waals surface area (Å²) in [6, 6.07) is 16.8. The van der Waals surface area contributed by atoms with Gasteiger partial charge < -0.3 is 30.5 Å². The van der Waals surface area contributed by atoms with Crippen LogP contribution < -0.4 is 20.7 Å². The number of amides is 5. The monoisotopic (exact) mass is 729 g/mol. The molecular weight excluding hydrogens is 677 g/mol. The summed E-state index contributed by atoms with van der Waals surface area (Å²) in [6.45, 7) is 10.7. The van der Waals surface area contributed by atoms with Crippen molar-refractivity contribution in [3.8, 4) is 5.75 Å². The molecule has 6 bridgehead atoms. The van der Waals surface area contributed by atoms with Crippen LogP contribution >= 0.6 is 0 Å². The van der Waals surface area contributed by atoms with Crippen LogP contribution in [0.3, 0.4) is 0 Å². The first-order chi connectivity index (χ1) is 24.9. The smallest absolute Gasteiger partial charge is 0.254 e. The van der Waals surface area contributed by atoms with E-state index >= 15 is 0 Å². The Balaban J connectivity index is 1.56. The molecule has 7 rings (SSSR count). The minimum Gasteiger partial charge on any atom is -0.492 e. The second-order valence-electron chi connectivity index (χ2n) is 15.7. The van der Waals surface area contributed by atoms with Gasteiger partial charge in [-0.05, 0) is 83.3 Å². The molecule has 11 nitrogen and oxygen atoms in total. The van der Waals surface area contributed by atoms with E-state index in [-0.39, 0.29) is 61.1 Å². The number of nitrogens with one attached hydrogen (secondary N) is 3. The average Bonchev–Trinajstić information content (AvgIpc) is 3.09. The molecule has 3 N–H and O–H groups in total. The summed E-state index contributed by atoms with van der Waals surface area (Å²) in [5, 5.41) is 8.38. The van der Waals surface area contributed by atoms with Crippen molar-refractivity contribution < 1.29 is 33.1 Å². The van der Waals surface area contributed by atoms with Crippen LogP contribution in [0.15, 0.2) is 66.7 Å². The van der Waals surface area contributed by atoms with E-state index in [0.29, 0.717) is 42.1 Å². The van der Waals surface area contributed by atoms with Crippen molar-refractivity contribution in [3.63, 3.8) is 0 Å². The minimum absolute atomic E-state index is 0.0289. The quantitative estimate of drug-likeness (QED) is 0.299. The van der Waals surface area contributed by atoms with Crippen LogP contribution in [0, 0.1) is 16.6 Å². The Hall–Kier alpha value is -5.26. The van der Waals surface area contributed by atoms with E-state index in [4.69, 9.17) is 4.74 Å². The van der Waals surface area contributed by atoms with E-state index in [2.05, 4.69) is 16.0 Å². The van der Waals surface area contributed by atoms with Crippen molar-refractivity contribution in [2.45, 2.75) is 72.9 Å². The van der Waals surface area contributed by atoms with Crippen molar-refractivity contribution >= 4 is 35.2 Å². The molecule has 0 radical (unpaired) electrons. The molecule has 0 aromatic heterocycles. The number of likely N-dealkylation sites (N-methyl/N-ethyl adjacent to an activating group) is 2. The van der Waals surface area contributed by atoms with Crippen molar-refractivity contribution in [2.75, 3.05) is 39.1 Å². The Labute approximate surface area is 311 Å². The molecule has 4 heterocycles. The first-order valence-electron chi connectivity index (χ1n) is 17.9. The van der Waals surface area contributed by atoms with Gasteiger partial charge >= 0.3 is 0 Å². The largest absolute Gasteiger partial charge is 0.492 e. The van der Waals surface area contributed by atoms with Gasteiger partial charge in [0.15, 0.2) is 0 Å². The van der Waals surface area contributed by atoms with Crippen LogP contribution in [-0.4, -0.2) is 79.2 Å². The van der Waals surface area contributed by atoms with Crippen LogP contribution in [0.5, 0.6) is 5.75 Å². The SMILES string of the molecule is CN1CCOc2ccc(cc2)C(=O)NCc2ccc(F)c(c2)C(=O)N[C@@H](CC(C)(C)C)C(=O)Nc2ccc(cc2)CCN(C)C(=O)CC(C)(C)CC1=O. The van der Waals surface area contributed by atoms with Crippen LogP contribution in [0.1, 0.15) is 85.7 Å². The number of halogens is 1. The molecule has 4 aliphatic heterocycles. The fourth-order valence-electron chi connectivity index (χ4n) is 5.88. The zero-order valence-corrected chi connectivity index (χ0v) is 31.8. The molecule has 1 atom stereocenters. The summed E-state index contributed by atoms with van der Waals surface area (Å²) < 4.78 is 20.8. The van der Waals surface area contributed by atoms with E-state index in [0.717, 1.165) is 11.6 Å². The van der Waals surface area contributed by atoms with Gasteiger partial charge in [0, 0.05) is 51.3 Å². The number of hydrogen-bond acceptors (Lipinski definition) is 6. The minimum atomic E-state index is -0.971. The molecule has 0 unspecified atom stereocenters. The lowest BCUT2D eigenvalue weighted by atomic mass is 9.84. The second-order valence-corrected chi connectivity index (χ2v) is 15.7. The maximum Gasteiger partial charge on any atom is 0.254 e.